The maximum Gasteiger partial charge on any atom is 0.311 e. The second-order valence-corrected chi connectivity index (χ2v) is 5.33. The quantitative estimate of drug-likeness (QED) is 0.886. The molecule has 0 aliphatic heterocycles. The molecule has 0 spiro atoms. The molecule has 2 aromatic rings. The standard InChI is InChI=1S/C19H19NO3/c1-3-13-8-9-18(23-2)16(10-13)17(19(21)22)11-14-4-6-15(12-20)7-5-14/h4-10,17H,3,11H2,1-2H3,(H,21,22). The number of hydrogen-bond acceptors (Lipinski definition) is 3. The molecule has 4 nitrogen and oxygen atoms in total. The average molecular weight is 309 g/mol. The summed E-state index contributed by atoms with van der Waals surface area (Å²) in [6.07, 6.45) is 1.19. The molecule has 0 fully saturated rings. The first-order valence-corrected chi connectivity index (χ1v) is 7.47. The van der Waals surface area contributed by atoms with Crippen LogP contribution in [0.3, 0.4) is 0 Å². The number of benzene rings is 2. The first-order valence-electron chi connectivity index (χ1n) is 7.47. The fourth-order valence-electron chi connectivity index (χ4n) is 2.56. The molecule has 0 amide bonds. The highest BCUT2D eigenvalue weighted by Gasteiger charge is 2.24. The molecule has 0 saturated heterocycles. The van der Waals surface area contributed by atoms with Crippen LogP contribution in [-0.2, 0) is 17.6 Å². The Labute approximate surface area is 136 Å². The lowest BCUT2D eigenvalue weighted by Crippen LogP contribution is -2.16. The predicted molar refractivity (Wildman–Crippen MR) is 87.6 cm³/mol. The topological polar surface area (TPSA) is 70.3 Å². The van der Waals surface area contributed by atoms with Gasteiger partial charge in [0.2, 0.25) is 0 Å². The van der Waals surface area contributed by atoms with Gasteiger partial charge in [-0.2, -0.15) is 5.26 Å². The number of nitrogens with zero attached hydrogens (tertiary/aromatic N) is 1. The van der Waals surface area contributed by atoms with E-state index in [1.165, 1.54) is 0 Å². The first-order chi connectivity index (χ1) is 11.1. The van der Waals surface area contributed by atoms with Crippen molar-refractivity contribution in [3.05, 3.63) is 64.7 Å². The van der Waals surface area contributed by atoms with E-state index in [2.05, 4.69) is 6.07 Å². The summed E-state index contributed by atoms with van der Waals surface area (Å²) >= 11 is 0. The second kappa shape index (κ2) is 7.46. The Balaban J connectivity index is 2.38. The molecular weight excluding hydrogens is 290 g/mol. The van der Waals surface area contributed by atoms with Gasteiger partial charge in [-0.05, 0) is 42.2 Å². The third-order valence-corrected chi connectivity index (χ3v) is 3.90. The fraction of sp³-hybridized carbons (Fsp3) is 0.263. The van der Waals surface area contributed by atoms with E-state index in [0.29, 0.717) is 23.3 Å². The maximum absolute atomic E-state index is 11.8. The molecule has 0 heterocycles. The lowest BCUT2D eigenvalue weighted by Gasteiger charge is -2.17. The van der Waals surface area contributed by atoms with Crippen molar-refractivity contribution >= 4 is 5.97 Å². The van der Waals surface area contributed by atoms with Crippen molar-refractivity contribution in [2.45, 2.75) is 25.7 Å². The van der Waals surface area contributed by atoms with Gasteiger partial charge in [-0.15, -0.1) is 0 Å². The van der Waals surface area contributed by atoms with Crippen molar-refractivity contribution in [1.82, 2.24) is 0 Å². The molecule has 0 radical (unpaired) electrons. The molecule has 4 heteroatoms. The summed E-state index contributed by atoms with van der Waals surface area (Å²) in [7, 11) is 1.55. The Hall–Kier alpha value is -2.80. The van der Waals surface area contributed by atoms with Crippen molar-refractivity contribution in [2.75, 3.05) is 7.11 Å². The minimum Gasteiger partial charge on any atom is -0.496 e. The van der Waals surface area contributed by atoms with Crippen LogP contribution in [0.2, 0.25) is 0 Å². The van der Waals surface area contributed by atoms with Gasteiger partial charge in [0, 0.05) is 5.56 Å². The van der Waals surface area contributed by atoms with E-state index in [0.717, 1.165) is 17.5 Å². The van der Waals surface area contributed by atoms with Crippen molar-refractivity contribution in [2.24, 2.45) is 0 Å². The minimum atomic E-state index is -0.888. The maximum atomic E-state index is 11.8. The number of aryl methyl sites for hydroxylation is 1. The predicted octanol–water partition coefficient (Wildman–Crippen LogP) is 3.54. The molecule has 2 aromatic carbocycles. The Morgan fingerprint density at radius 1 is 1.22 bits per heavy atom. The molecule has 0 bridgehead atoms. The number of ether oxygens (including phenoxy) is 1. The highest BCUT2D eigenvalue weighted by Crippen LogP contribution is 2.31. The van der Waals surface area contributed by atoms with Crippen LogP contribution in [0.25, 0.3) is 0 Å². The third-order valence-electron chi connectivity index (χ3n) is 3.90. The second-order valence-electron chi connectivity index (χ2n) is 5.33. The van der Waals surface area contributed by atoms with Crippen LogP contribution in [0.15, 0.2) is 42.5 Å². The normalized spacial score (nSPS) is 11.5. The molecule has 118 valence electrons. The number of methoxy groups -OCH3 is 1. The van der Waals surface area contributed by atoms with Gasteiger partial charge < -0.3 is 9.84 Å². The van der Waals surface area contributed by atoms with E-state index in [1.807, 2.05) is 25.1 Å². The van der Waals surface area contributed by atoms with Crippen molar-refractivity contribution in [1.29, 1.82) is 5.26 Å². The number of rotatable bonds is 6. The van der Waals surface area contributed by atoms with Gasteiger partial charge in [0.05, 0.1) is 24.7 Å². The summed E-state index contributed by atoms with van der Waals surface area (Å²) < 4.78 is 5.34. The van der Waals surface area contributed by atoms with Gasteiger partial charge >= 0.3 is 5.97 Å². The first kappa shape index (κ1) is 16.6. The van der Waals surface area contributed by atoms with Crippen molar-refractivity contribution in [3.8, 4) is 11.8 Å². The Bertz CT molecular complexity index is 729. The van der Waals surface area contributed by atoms with Crippen molar-refractivity contribution < 1.29 is 14.6 Å². The SMILES string of the molecule is CCc1ccc(OC)c(C(Cc2ccc(C#N)cc2)C(=O)O)c1. The van der Waals surface area contributed by atoms with Crippen LogP contribution in [0.1, 0.15) is 35.1 Å². The lowest BCUT2D eigenvalue weighted by molar-refractivity contribution is -0.138. The molecule has 2 rings (SSSR count). The summed E-state index contributed by atoms with van der Waals surface area (Å²) in [6.45, 7) is 2.03. The summed E-state index contributed by atoms with van der Waals surface area (Å²) in [5.41, 5.74) is 3.20. The van der Waals surface area contributed by atoms with Gasteiger partial charge in [-0.3, -0.25) is 4.79 Å². The zero-order chi connectivity index (χ0) is 16.8. The Morgan fingerprint density at radius 3 is 2.39 bits per heavy atom. The number of carboxylic acids is 1. The van der Waals surface area contributed by atoms with Gasteiger partial charge in [0.15, 0.2) is 0 Å². The Morgan fingerprint density at radius 2 is 1.87 bits per heavy atom. The zero-order valence-electron chi connectivity index (χ0n) is 13.2. The minimum absolute atomic E-state index is 0.352. The molecule has 1 N–H and O–H groups in total. The molecule has 1 atom stereocenters. The molecule has 0 aromatic heterocycles. The van der Waals surface area contributed by atoms with E-state index in [9.17, 15) is 9.90 Å². The highest BCUT2D eigenvalue weighted by molar-refractivity contribution is 5.78. The van der Waals surface area contributed by atoms with Gasteiger partial charge in [-0.25, -0.2) is 0 Å². The molecule has 23 heavy (non-hydrogen) atoms. The van der Waals surface area contributed by atoms with Crippen LogP contribution in [-0.4, -0.2) is 18.2 Å². The van der Waals surface area contributed by atoms with E-state index < -0.39 is 11.9 Å². The molecule has 0 saturated carbocycles. The number of hydrogen-bond donors (Lipinski definition) is 1. The largest absolute Gasteiger partial charge is 0.496 e. The van der Waals surface area contributed by atoms with E-state index in [-0.39, 0.29) is 0 Å². The summed E-state index contributed by atoms with van der Waals surface area (Å²) in [5.74, 6) is -0.992. The number of aliphatic carboxylic acids is 1. The summed E-state index contributed by atoms with van der Waals surface area (Å²) in [6, 6.07) is 14.7. The van der Waals surface area contributed by atoms with Crippen LogP contribution in [0, 0.1) is 11.3 Å². The lowest BCUT2D eigenvalue weighted by atomic mass is 9.89. The summed E-state index contributed by atoms with van der Waals surface area (Å²) in [5, 5.41) is 18.5. The van der Waals surface area contributed by atoms with E-state index in [1.54, 1.807) is 31.4 Å². The molecular formula is C19H19NO3. The van der Waals surface area contributed by atoms with Gasteiger partial charge in [0.25, 0.3) is 0 Å². The van der Waals surface area contributed by atoms with Crippen LogP contribution in [0.5, 0.6) is 5.75 Å². The zero-order valence-corrected chi connectivity index (χ0v) is 13.2. The van der Waals surface area contributed by atoms with Crippen LogP contribution < -0.4 is 4.74 Å². The number of carboxylic acid groups (broad SMARTS) is 1. The highest BCUT2D eigenvalue weighted by atomic mass is 16.5. The monoisotopic (exact) mass is 309 g/mol. The average Bonchev–Trinajstić information content (AvgIpc) is 2.59. The smallest absolute Gasteiger partial charge is 0.311 e. The van der Waals surface area contributed by atoms with Gasteiger partial charge in [-0.1, -0.05) is 31.2 Å². The molecule has 0 aliphatic carbocycles. The number of carbonyl (C=O) groups is 1. The van der Waals surface area contributed by atoms with Crippen LogP contribution in [0.4, 0.5) is 0 Å². The van der Waals surface area contributed by atoms with Crippen LogP contribution >= 0.6 is 0 Å². The fourth-order valence-corrected chi connectivity index (χ4v) is 2.56. The van der Waals surface area contributed by atoms with Gasteiger partial charge in [0.1, 0.15) is 5.75 Å². The summed E-state index contributed by atoms with van der Waals surface area (Å²) in [4.78, 5) is 11.8. The molecule has 1 unspecified atom stereocenters. The third kappa shape index (κ3) is 3.89. The van der Waals surface area contributed by atoms with E-state index in [4.69, 9.17) is 10.00 Å². The molecule has 0 aliphatic rings. The Kier molecular flexibility index (Phi) is 5.37. The van der Waals surface area contributed by atoms with Crippen molar-refractivity contribution in [3.63, 3.8) is 0 Å². The number of nitriles is 1. The van der Waals surface area contributed by atoms with E-state index >= 15 is 0 Å².